The van der Waals surface area contributed by atoms with E-state index in [0.717, 1.165) is 16.8 Å². The lowest BCUT2D eigenvalue weighted by atomic mass is 9.95. The van der Waals surface area contributed by atoms with Crippen molar-refractivity contribution in [1.82, 2.24) is 5.23 Å². The van der Waals surface area contributed by atoms with E-state index in [4.69, 9.17) is 9.78 Å². The minimum Gasteiger partial charge on any atom is -0.266 e. The van der Waals surface area contributed by atoms with Crippen LogP contribution in [0.25, 0.3) is 0 Å². The summed E-state index contributed by atoms with van der Waals surface area (Å²) in [5.41, 5.74) is 2.14. The normalized spacial score (nSPS) is 28.2. The van der Waals surface area contributed by atoms with Crippen molar-refractivity contribution in [3.63, 3.8) is 0 Å². The summed E-state index contributed by atoms with van der Waals surface area (Å²) in [6, 6.07) is 19.9. The van der Waals surface area contributed by atoms with Gasteiger partial charge in [0.2, 0.25) is 0 Å². The Morgan fingerprint density at radius 1 is 0.889 bits per heavy atom. The number of oxime groups is 1. The third-order valence-corrected chi connectivity index (χ3v) is 3.18. The van der Waals surface area contributed by atoms with Gasteiger partial charge in [-0.25, -0.2) is 4.84 Å². The fraction of sp³-hybridized carbons (Fsp3) is 0.0714. The summed E-state index contributed by atoms with van der Waals surface area (Å²) in [5.74, 6) is 0. The fourth-order valence-corrected chi connectivity index (χ4v) is 2.25. The van der Waals surface area contributed by atoms with Crippen LogP contribution in [0.4, 0.5) is 0 Å². The molecule has 0 bridgehead atoms. The van der Waals surface area contributed by atoms with Crippen LogP contribution in [0, 0.1) is 0 Å². The summed E-state index contributed by atoms with van der Waals surface area (Å²) < 4.78 is 0. The Hall–Kier alpha value is -2.17. The Kier molecular flexibility index (Phi) is 1.86. The molecular weight excluding hydrogens is 228 g/mol. The lowest BCUT2D eigenvalue weighted by Crippen LogP contribution is -2.23. The molecule has 1 unspecified atom stereocenters. The summed E-state index contributed by atoms with van der Waals surface area (Å²) in [7, 11) is 0. The highest BCUT2D eigenvalue weighted by Crippen LogP contribution is 2.51. The second kappa shape index (κ2) is 3.41. The largest absolute Gasteiger partial charge is 0.279 e. The molecule has 4 nitrogen and oxygen atoms in total. The highest BCUT2D eigenvalue weighted by Gasteiger charge is 2.68. The van der Waals surface area contributed by atoms with Crippen molar-refractivity contribution in [3.8, 4) is 0 Å². The van der Waals surface area contributed by atoms with Crippen molar-refractivity contribution >= 4 is 5.71 Å². The smallest absolute Gasteiger partial charge is 0.266 e. The second-order valence-corrected chi connectivity index (χ2v) is 4.25. The molecule has 0 radical (unpaired) electrons. The van der Waals surface area contributed by atoms with E-state index >= 15 is 0 Å². The molecule has 0 N–H and O–H groups in total. The molecule has 4 heteroatoms. The minimum absolute atomic E-state index is 0.664. The summed E-state index contributed by atoms with van der Waals surface area (Å²) >= 11 is 0. The molecular formula is C14H10N2O2. The molecule has 0 saturated carbocycles. The van der Waals surface area contributed by atoms with Crippen LogP contribution in [0.5, 0.6) is 0 Å². The van der Waals surface area contributed by atoms with Crippen LogP contribution < -0.4 is 0 Å². The first-order valence-corrected chi connectivity index (χ1v) is 5.77. The molecule has 2 heterocycles. The maximum absolute atomic E-state index is 5.57. The molecule has 88 valence electrons. The van der Waals surface area contributed by atoms with Crippen molar-refractivity contribution in [2.24, 2.45) is 5.16 Å². The maximum Gasteiger partial charge on any atom is 0.279 e. The third-order valence-electron chi connectivity index (χ3n) is 3.18. The number of hydrogen-bond donors (Lipinski definition) is 0. The average Bonchev–Trinajstić information content (AvgIpc) is 3.07. The van der Waals surface area contributed by atoms with Crippen molar-refractivity contribution in [3.05, 3.63) is 71.8 Å². The van der Waals surface area contributed by atoms with E-state index in [9.17, 15) is 0 Å². The van der Waals surface area contributed by atoms with Gasteiger partial charge in [-0.2, -0.15) is 0 Å². The predicted octanol–water partition coefficient (Wildman–Crippen LogP) is 2.44. The quantitative estimate of drug-likeness (QED) is 0.754. The molecule has 2 aromatic rings. The van der Waals surface area contributed by atoms with Crippen molar-refractivity contribution in [2.45, 2.75) is 5.72 Å². The second-order valence-electron chi connectivity index (χ2n) is 4.25. The Labute approximate surface area is 104 Å². The molecule has 4 rings (SSSR count). The lowest BCUT2D eigenvalue weighted by Gasteiger charge is -2.08. The van der Waals surface area contributed by atoms with E-state index in [1.165, 1.54) is 5.23 Å². The molecule has 0 spiro atoms. The molecule has 0 amide bonds. The highest BCUT2D eigenvalue weighted by molar-refractivity contribution is 6.08. The molecule has 2 aliphatic heterocycles. The van der Waals surface area contributed by atoms with Gasteiger partial charge in [0.1, 0.15) is 5.71 Å². The molecule has 1 saturated heterocycles. The minimum atomic E-state index is -0.664. The van der Waals surface area contributed by atoms with Crippen molar-refractivity contribution in [1.29, 1.82) is 0 Å². The average molecular weight is 238 g/mol. The summed E-state index contributed by atoms with van der Waals surface area (Å²) in [6.07, 6.45) is 0. The van der Waals surface area contributed by atoms with Gasteiger partial charge in [-0.05, 0) is 0 Å². The van der Waals surface area contributed by atoms with Crippen LogP contribution in [0.3, 0.4) is 0 Å². The van der Waals surface area contributed by atoms with Crippen LogP contribution in [0.1, 0.15) is 11.1 Å². The number of nitrogens with zero attached hydrogens (tertiary/aromatic N) is 2. The zero-order chi connectivity index (χ0) is 12.0. The first-order valence-electron chi connectivity index (χ1n) is 5.77. The molecule has 1 fully saturated rings. The molecule has 2 aliphatic rings. The number of rotatable bonds is 2. The standard InChI is InChI=1S/C14H10N2O2/c1-3-7-11(8-4-1)13-14(16(17-14)18-15-13)12-9-5-2-6-10-12/h1-10H/t14-,16?/m1/s1. The zero-order valence-electron chi connectivity index (χ0n) is 9.48. The van der Waals surface area contributed by atoms with Crippen LogP contribution in [-0.4, -0.2) is 10.9 Å². The molecule has 0 aromatic heterocycles. The van der Waals surface area contributed by atoms with Gasteiger partial charge in [0.25, 0.3) is 5.72 Å². The van der Waals surface area contributed by atoms with Gasteiger partial charge in [-0.15, -0.1) is 0 Å². The topological polar surface area (TPSA) is 37.1 Å². The lowest BCUT2D eigenvalue weighted by molar-refractivity contribution is -0.160. The van der Waals surface area contributed by atoms with E-state index in [0.29, 0.717) is 0 Å². The van der Waals surface area contributed by atoms with E-state index in [1.807, 2.05) is 60.7 Å². The Bertz CT molecular complexity index is 612. The molecule has 2 aromatic carbocycles. The summed E-state index contributed by atoms with van der Waals surface area (Å²) in [5, 5.41) is 5.52. The summed E-state index contributed by atoms with van der Waals surface area (Å²) in [6.45, 7) is 0. The monoisotopic (exact) mass is 238 g/mol. The van der Waals surface area contributed by atoms with Gasteiger partial charge in [-0.3, -0.25) is 4.94 Å². The van der Waals surface area contributed by atoms with E-state index in [1.54, 1.807) is 0 Å². The van der Waals surface area contributed by atoms with Crippen molar-refractivity contribution in [2.75, 3.05) is 0 Å². The van der Waals surface area contributed by atoms with Gasteiger partial charge in [-0.1, -0.05) is 65.8 Å². The fourth-order valence-electron chi connectivity index (χ4n) is 2.25. The Morgan fingerprint density at radius 3 is 2.22 bits per heavy atom. The molecule has 2 atom stereocenters. The summed E-state index contributed by atoms with van der Waals surface area (Å²) in [4.78, 5) is 10.7. The van der Waals surface area contributed by atoms with Crippen LogP contribution in [0.2, 0.25) is 0 Å². The van der Waals surface area contributed by atoms with E-state index in [-0.39, 0.29) is 0 Å². The van der Waals surface area contributed by atoms with Crippen molar-refractivity contribution < 1.29 is 9.78 Å². The SMILES string of the molecule is c1ccc(C2=NON3O[C@]23c2ccccc2)cc1. The van der Waals surface area contributed by atoms with Gasteiger partial charge < -0.3 is 0 Å². The first kappa shape index (κ1) is 9.82. The van der Waals surface area contributed by atoms with Crippen LogP contribution in [0.15, 0.2) is 65.8 Å². The van der Waals surface area contributed by atoms with Gasteiger partial charge in [0, 0.05) is 11.1 Å². The zero-order valence-corrected chi connectivity index (χ0v) is 9.48. The maximum atomic E-state index is 5.57. The molecule has 18 heavy (non-hydrogen) atoms. The van der Waals surface area contributed by atoms with Crippen LogP contribution in [-0.2, 0) is 15.5 Å². The molecule has 0 aliphatic carbocycles. The van der Waals surface area contributed by atoms with Gasteiger partial charge in [0.05, 0.1) is 5.23 Å². The van der Waals surface area contributed by atoms with Gasteiger partial charge >= 0.3 is 0 Å². The number of fused-ring (bicyclic) bond motifs is 1. The van der Waals surface area contributed by atoms with E-state index < -0.39 is 5.72 Å². The Balaban J connectivity index is 1.82. The van der Waals surface area contributed by atoms with Gasteiger partial charge in [0.15, 0.2) is 0 Å². The van der Waals surface area contributed by atoms with Crippen LogP contribution >= 0.6 is 0 Å². The third kappa shape index (κ3) is 1.19. The number of benzene rings is 2. The first-order chi connectivity index (χ1) is 8.91. The highest BCUT2D eigenvalue weighted by atomic mass is 17.1. The predicted molar refractivity (Wildman–Crippen MR) is 65.1 cm³/mol. The van der Waals surface area contributed by atoms with E-state index in [2.05, 4.69) is 5.16 Å². The number of hydrogen-bond acceptors (Lipinski definition) is 4. The number of hydroxylamine groups is 2. The Morgan fingerprint density at radius 2 is 1.56 bits per heavy atom.